The standard InChI is InChI=1S/C19H19ClN2O/c1-13(2)12-23-16-9-7-15(8-10-16)18-19(14(3)20)22-11-5-4-6-17(22)21-18/h4-11,14H,1,12H2,2-3H3. The number of aromatic nitrogens is 2. The van der Waals surface area contributed by atoms with E-state index in [-0.39, 0.29) is 5.38 Å². The van der Waals surface area contributed by atoms with E-state index in [9.17, 15) is 0 Å². The van der Waals surface area contributed by atoms with Gasteiger partial charge in [-0.3, -0.25) is 0 Å². The van der Waals surface area contributed by atoms with Crippen LogP contribution >= 0.6 is 11.6 Å². The van der Waals surface area contributed by atoms with Gasteiger partial charge in [-0.05, 0) is 55.8 Å². The predicted octanol–water partition coefficient (Wildman–Crippen LogP) is 5.26. The van der Waals surface area contributed by atoms with E-state index >= 15 is 0 Å². The number of nitrogens with zero attached hydrogens (tertiary/aromatic N) is 2. The van der Waals surface area contributed by atoms with Crippen LogP contribution in [0.4, 0.5) is 0 Å². The minimum Gasteiger partial charge on any atom is -0.489 e. The molecule has 2 aromatic heterocycles. The lowest BCUT2D eigenvalue weighted by molar-refractivity contribution is 0.353. The van der Waals surface area contributed by atoms with Crippen LogP contribution in [0.25, 0.3) is 16.9 Å². The lowest BCUT2D eigenvalue weighted by Crippen LogP contribution is -1.97. The Morgan fingerprint density at radius 3 is 2.65 bits per heavy atom. The largest absolute Gasteiger partial charge is 0.489 e. The number of pyridine rings is 1. The molecule has 3 aromatic rings. The first-order chi connectivity index (χ1) is 11.1. The zero-order valence-corrected chi connectivity index (χ0v) is 14.0. The maximum Gasteiger partial charge on any atom is 0.137 e. The van der Waals surface area contributed by atoms with Crippen molar-refractivity contribution in [1.29, 1.82) is 0 Å². The lowest BCUT2D eigenvalue weighted by Gasteiger charge is -2.09. The Hall–Kier alpha value is -2.26. The molecule has 23 heavy (non-hydrogen) atoms. The number of hydrogen-bond acceptors (Lipinski definition) is 2. The molecule has 0 bridgehead atoms. The van der Waals surface area contributed by atoms with Crippen molar-refractivity contribution in [3.8, 4) is 17.0 Å². The van der Waals surface area contributed by atoms with Crippen LogP contribution in [0.3, 0.4) is 0 Å². The molecular weight excluding hydrogens is 308 g/mol. The molecule has 0 aliphatic heterocycles. The number of ether oxygens (including phenoxy) is 1. The van der Waals surface area contributed by atoms with Crippen molar-refractivity contribution < 1.29 is 4.74 Å². The van der Waals surface area contributed by atoms with E-state index in [0.717, 1.165) is 33.9 Å². The summed E-state index contributed by atoms with van der Waals surface area (Å²) >= 11 is 6.40. The summed E-state index contributed by atoms with van der Waals surface area (Å²) in [6.07, 6.45) is 1.99. The highest BCUT2D eigenvalue weighted by Gasteiger charge is 2.17. The summed E-state index contributed by atoms with van der Waals surface area (Å²) in [4.78, 5) is 4.73. The van der Waals surface area contributed by atoms with Crippen molar-refractivity contribution in [3.63, 3.8) is 0 Å². The number of fused-ring (bicyclic) bond motifs is 1. The Labute approximate surface area is 141 Å². The third-order valence-electron chi connectivity index (χ3n) is 3.56. The highest BCUT2D eigenvalue weighted by molar-refractivity contribution is 6.20. The summed E-state index contributed by atoms with van der Waals surface area (Å²) in [5.74, 6) is 0.820. The van der Waals surface area contributed by atoms with Crippen molar-refractivity contribution >= 4 is 17.2 Å². The summed E-state index contributed by atoms with van der Waals surface area (Å²) < 4.78 is 7.68. The zero-order chi connectivity index (χ0) is 16.4. The van der Waals surface area contributed by atoms with Gasteiger partial charge in [-0.2, -0.15) is 0 Å². The number of benzene rings is 1. The number of alkyl halides is 1. The molecule has 4 heteroatoms. The van der Waals surface area contributed by atoms with Crippen molar-refractivity contribution in [2.75, 3.05) is 6.61 Å². The fraction of sp³-hybridized carbons (Fsp3) is 0.211. The zero-order valence-electron chi connectivity index (χ0n) is 13.3. The molecule has 1 atom stereocenters. The van der Waals surface area contributed by atoms with Crippen LogP contribution in [-0.4, -0.2) is 16.0 Å². The summed E-state index contributed by atoms with van der Waals surface area (Å²) in [5, 5.41) is -0.137. The summed E-state index contributed by atoms with van der Waals surface area (Å²) in [7, 11) is 0. The maximum atomic E-state index is 6.40. The molecule has 0 fully saturated rings. The Morgan fingerprint density at radius 2 is 2.00 bits per heavy atom. The molecule has 0 aliphatic carbocycles. The van der Waals surface area contributed by atoms with Gasteiger partial charge in [0, 0.05) is 11.8 Å². The third-order valence-corrected chi connectivity index (χ3v) is 3.76. The van der Waals surface area contributed by atoms with Crippen molar-refractivity contribution in [2.45, 2.75) is 19.2 Å². The van der Waals surface area contributed by atoms with Crippen LogP contribution < -0.4 is 4.74 Å². The van der Waals surface area contributed by atoms with Gasteiger partial charge in [0.1, 0.15) is 18.0 Å². The van der Waals surface area contributed by atoms with Crippen LogP contribution in [0.15, 0.2) is 60.8 Å². The fourth-order valence-corrected chi connectivity index (χ4v) is 2.73. The number of hydrogen-bond donors (Lipinski definition) is 0. The first-order valence-electron chi connectivity index (χ1n) is 7.55. The average molecular weight is 327 g/mol. The molecule has 0 spiro atoms. The van der Waals surface area contributed by atoms with E-state index in [4.69, 9.17) is 21.3 Å². The Bertz CT molecular complexity index is 834. The minimum atomic E-state index is -0.137. The average Bonchev–Trinajstić information content (AvgIpc) is 2.93. The van der Waals surface area contributed by atoms with Gasteiger partial charge in [0.05, 0.1) is 16.8 Å². The summed E-state index contributed by atoms with van der Waals surface area (Å²) in [6.45, 7) is 8.27. The van der Waals surface area contributed by atoms with E-state index in [1.165, 1.54) is 0 Å². The smallest absolute Gasteiger partial charge is 0.137 e. The molecular formula is C19H19ClN2O. The molecule has 1 aromatic carbocycles. The SMILES string of the molecule is C=C(C)COc1ccc(-c2nc3ccccn3c2C(C)Cl)cc1. The van der Waals surface area contributed by atoms with E-state index in [1.807, 2.05) is 66.9 Å². The molecule has 3 nitrogen and oxygen atoms in total. The minimum absolute atomic E-state index is 0.137. The van der Waals surface area contributed by atoms with Crippen LogP contribution in [0.2, 0.25) is 0 Å². The molecule has 0 aliphatic rings. The second-order valence-electron chi connectivity index (χ2n) is 5.66. The first-order valence-corrected chi connectivity index (χ1v) is 7.98. The second-order valence-corrected chi connectivity index (χ2v) is 6.32. The van der Waals surface area contributed by atoms with Crippen LogP contribution in [0, 0.1) is 0 Å². The molecule has 0 N–H and O–H groups in total. The topological polar surface area (TPSA) is 26.5 Å². The van der Waals surface area contributed by atoms with Crippen molar-refractivity contribution in [1.82, 2.24) is 9.38 Å². The van der Waals surface area contributed by atoms with Crippen molar-refractivity contribution in [2.24, 2.45) is 0 Å². The van der Waals surface area contributed by atoms with E-state index < -0.39 is 0 Å². The van der Waals surface area contributed by atoms with Gasteiger partial charge in [0.15, 0.2) is 0 Å². The highest BCUT2D eigenvalue weighted by Crippen LogP contribution is 2.32. The third kappa shape index (κ3) is 3.25. The Balaban J connectivity index is 1.99. The van der Waals surface area contributed by atoms with Gasteiger partial charge in [-0.15, -0.1) is 11.6 Å². The van der Waals surface area contributed by atoms with Gasteiger partial charge in [0.2, 0.25) is 0 Å². The van der Waals surface area contributed by atoms with Crippen molar-refractivity contribution in [3.05, 3.63) is 66.5 Å². The monoisotopic (exact) mass is 326 g/mol. The van der Waals surface area contributed by atoms with Gasteiger partial charge in [-0.1, -0.05) is 12.6 Å². The van der Waals surface area contributed by atoms with Crippen LogP contribution in [-0.2, 0) is 0 Å². The molecule has 0 radical (unpaired) electrons. The number of imidazole rings is 1. The van der Waals surface area contributed by atoms with Crippen LogP contribution in [0.5, 0.6) is 5.75 Å². The molecule has 3 rings (SSSR count). The Morgan fingerprint density at radius 1 is 1.26 bits per heavy atom. The summed E-state index contributed by atoms with van der Waals surface area (Å²) in [5.41, 5.74) is 4.82. The molecule has 0 amide bonds. The Kier molecular flexibility index (Phi) is 4.39. The summed E-state index contributed by atoms with van der Waals surface area (Å²) in [6, 6.07) is 13.9. The van der Waals surface area contributed by atoms with Gasteiger partial charge in [-0.25, -0.2) is 4.98 Å². The van der Waals surface area contributed by atoms with E-state index in [2.05, 4.69) is 6.58 Å². The molecule has 1 unspecified atom stereocenters. The quantitative estimate of drug-likeness (QED) is 0.472. The molecule has 0 saturated heterocycles. The number of rotatable bonds is 5. The lowest BCUT2D eigenvalue weighted by atomic mass is 10.1. The van der Waals surface area contributed by atoms with Gasteiger partial charge in [0.25, 0.3) is 0 Å². The van der Waals surface area contributed by atoms with Gasteiger partial charge < -0.3 is 9.14 Å². The maximum absolute atomic E-state index is 6.40. The van der Waals surface area contributed by atoms with E-state index in [1.54, 1.807) is 0 Å². The normalized spacial score (nSPS) is 12.3. The fourth-order valence-electron chi connectivity index (χ4n) is 2.52. The second kappa shape index (κ2) is 6.47. The molecule has 2 heterocycles. The number of halogens is 1. The highest BCUT2D eigenvalue weighted by atomic mass is 35.5. The molecule has 0 saturated carbocycles. The molecule has 118 valence electrons. The van der Waals surface area contributed by atoms with Crippen LogP contribution in [0.1, 0.15) is 24.9 Å². The first kappa shape index (κ1) is 15.6. The predicted molar refractivity (Wildman–Crippen MR) is 95.2 cm³/mol. The van der Waals surface area contributed by atoms with Gasteiger partial charge >= 0.3 is 0 Å². The van der Waals surface area contributed by atoms with E-state index in [0.29, 0.717) is 6.61 Å².